The predicted molar refractivity (Wildman–Crippen MR) is 131 cm³/mol. The number of H-pyrrole nitrogens is 1. The molecule has 1 spiro atoms. The Kier molecular flexibility index (Phi) is 5.44. The van der Waals surface area contributed by atoms with Crippen molar-refractivity contribution in [3.8, 4) is 11.4 Å². The first-order chi connectivity index (χ1) is 17.2. The van der Waals surface area contributed by atoms with E-state index in [0.717, 1.165) is 60.0 Å². The molecule has 5 nitrogen and oxygen atoms in total. The maximum atomic E-state index is 13.0. The zero-order valence-corrected chi connectivity index (χ0v) is 20.6. The van der Waals surface area contributed by atoms with Gasteiger partial charge in [0.2, 0.25) is 0 Å². The second kappa shape index (κ2) is 8.44. The molecule has 1 aliphatic carbocycles. The van der Waals surface area contributed by atoms with E-state index in [4.69, 9.17) is 4.74 Å². The largest absolute Gasteiger partial charge is 0.451 e. The topological polar surface area (TPSA) is 67.9 Å². The molecule has 6 rings (SSSR count). The van der Waals surface area contributed by atoms with Gasteiger partial charge in [-0.2, -0.15) is 13.2 Å². The average molecular weight is 556 g/mol. The minimum absolute atomic E-state index is 0.224. The van der Waals surface area contributed by atoms with E-state index in [2.05, 4.69) is 30.9 Å². The third-order valence-electron chi connectivity index (χ3n) is 7.30. The van der Waals surface area contributed by atoms with Crippen LogP contribution in [-0.2, 0) is 16.5 Å². The van der Waals surface area contributed by atoms with E-state index >= 15 is 0 Å². The Balaban J connectivity index is 1.21. The number of fused-ring (bicyclic) bond motifs is 3. The molecule has 2 aromatic carbocycles. The maximum Gasteiger partial charge on any atom is 0.416 e. The molecule has 0 bridgehead atoms. The first kappa shape index (κ1) is 23.2. The molecule has 0 amide bonds. The monoisotopic (exact) mass is 555 g/mol. The number of rotatable bonds is 2. The second-order valence-corrected chi connectivity index (χ2v) is 10.4. The van der Waals surface area contributed by atoms with Crippen molar-refractivity contribution in [3.05, 3.63) is 81.6 Å². The Bertz CT molecular complexity index is 1480. The molecule has 1 saturated carbocycles. The number of alkyl halides is 3. The van der Waals surface area contributed by atoms with E-state index in [1.54, 1.807) is 6.20 Å². The van der Waals surface area contributed by atoms with E-state index in [1.165, 1.54) is 6.07 Å². The zero-order valence-electron chi connectivity index (χ0n) is 19.0. The van der Waals surface area contributed by atoms with Gasteiger partial charge in [0.25, 0.3) is 0 Å². The van der Waals surface area contributed by atoms with Gasteiger partial charge < -0.3 is 9.72 Å². The van der Waals surface area contributed by atoms with Crippen molar-refractivity contribution in [3.63, 3.8) is 0 Å². The minimum atomic E-state index is -4.41. The van der Waals surface area contributed by atoms with Gasteiger partial charge in [0.1, 0.15) is 11.4 Å². The van der Waals surface area contributed by atoms with E-state index < -0.39 is 17.3 Å². The summed E-state index contributed by atoms with van der Waals surface area (Å²) in [5, 5.41) is 0. The highest BCUT2D eigenvalue weighted by molar-refractivity contribution is 9.10. The number of carbonyl (C=O) groups excluding carboxylic acids is 1. The summed E-state index contributed by atoms with van der Waals surface area (Å²) in [5.74, 6) is 0.436. The van der Waals surface area contributed by atoms with Crippen LogP contribution in [0.4, 0.5) is 13.2 Å². The van der Waals surface area contributed by atoms with Gasteiger partial charge in [-0.1, -0.05) is 22.0 Å². The number of ether oxygens (including phenoxy) is 1. The number of imidazole rings is 1. The highest BCUT2D eigenvalue weighted by atomic mass is 79.9. The number of hydrogen-bond donors (Lipinski definition) is 1. The molecule has 3 heterocycles. The molecule has 2 atom stereocenters. The van der Waals surface area contributed by atoms with Crippen molar-refractivity contribution >= 4 is 32.9 Å². The molecule has 2 aromatic heterocycles. The highest BCUT2D eigenvalue weighted by Crippen LogP contribution is 2.48. The van der Waals surface area contributed by atoms with Crippen LogP contribution in [0.2, 0.25) is 0 Å². The summed E-state index contributed by atoms with van der Waals surface area (Å²) in [4.78, 5) is 24.6. The molecule has 4 aromatic rings. The Labute approximate surface area is 213 Å². The van der Waals surface area contributed by atoms with Crippen molar-refractivity contribution in [2.75, 3.05) is 0 Å². The van der Waals surface area contributed by atoms with E-state index in [-0.39, 0.29) is 11.9 Å². The summed E-state index contributed by atoms with van der Waals surface area (Å²) in [5.41, 5.74) is 2.77. The molecule has 184 valence electrons. The second-order valence-electron chi connectivity index (χ2n) is 9.49. The summed E-state index contributed by atoms with van der Waals surface area (Å²) in [6.07, 6.45) is 1.48. The summed E-state index contributed by atoms with van der Waals surface area (Å²) in [7, 11) is 0. The number of esters is 1. The molecule has 2 aliphatic rings. The number of carbonyl (C=O) groups is 1. The van der Waals surface area contributed by atoms with Crippen molar-refractivity contribution in [1.82, 2.24) is 15.0 Å². The van der Waals surface area contributed by atoms with Crippen molar-refractivity contribution < 1.29 is 22.7 Å². The van der Waals surface area contributed by atoms with Crippen LogP contribution in [0, 0.1) is 0 Å². The fourth-order valence-corrected chi connectivity index (χ4v) is 5.82. The first-order valence-electron chi connectivity index (χ1n) is 11.8. The van der Waals surface area contributed by atoms with Crippen molar-refractivity contribution in [2.45, 2.75) is 49.8 Å². The average Bonchev–Trinajstić information content (AvgIpc) is 3.31. The lowest BCUT2D eigenvalue weighted by Gasteiger charge is -2.27. The fourth-order valence-electron chi connectivity index (χ4n) is 5.46. The van der Waals surface area contributed by atoms with Gasteiger partial charge in [0, 0.05) is 33.4 Å². The molecular weight excluding hydrogens is 535 g/mol. The lowest BCUT2D eigenvalue weighted by Crippen LogP contribution is -2.25. The van der Waals surface area contributed by atoms with Gasteiger partial charge in [-0.05, 0) is 74.6 Å². The number of aromatic amines is 1. The van der Waals surface area contributed by atoms with Gasteiger partial charge in [0.05, 0.1) is 22.2 Å². The van der Waals surface area contributed by atoms with Crippen LogP contribution in [0.5, 0.6) is 0 Å². The van der Waals surface area contributed by atoms with Crippen LogP contribution in [0.15, 0.2) is 59.2 Å². The van der Waals surface area contributed by atoms with Gasteiger partial charge >= 0.3 is 12.1 Å². The maximum absolute atomic E-state index is 13.0. The zero-order chi connectivity index (χ0) is 25.1. The number of hydrogen-bond acceptors (Lipinski definition) is 4. The SMILES string of the molecule is O=C1OC2(CCCC(c3ccc(-c4nc5ccc(C(F)(F)F)cc5[nH]4)cn3)CC2)c2ccc(Br)cc21. The summed E-state index contributed by atoms with van der Waals surface area (Å²) in [6, 6.07) is 13.1. The third-order valence-corrected chi connectivity index (χ3v) is 7.79. The number of benzene rings is 2. The molecule has 2 unspecified atom stereocenters. The van der Waals surface area contributed by atoms with E-state index in [1.807, 2.05) is 30.3 Å². The van der Waals surface area contributed by atoms with Gasteiger partial charge in [-0.3, -0.25) is 4.98 Å². The molecular formula is C27H21BrF3N3O2. The van der Waals surface area contributed by atoms with Crippen LogP contribution >= 0.6 is 15.9 Å². The Hall–Kier alpha value is -3.20. The van der Waals surface area contributed by atoms with Gasteiger partial charge in [-0.15, -0.1) is 0 Å². The Morgan fingerprint density at radius 3 is 2.69 bits per heavy atom. The smallest absolute Gasteiger partial charge is 0.416 e. The summed E-state index contributed by atoms with van der Waals surface area (Å²) >= 11 is 3.44. The van der Waals surface area contributed by atoms with Crippen LogP contribution < -0.4 is 0 Å². The highest BCUT2D eigenvalue weighted by Gasteiger charge is 2.46. The number of halogens is 4. The lowest BCUT2D eigenvalue weighted by atomic mass is 9.85. The van der Waals surface area contributed by atoms with Crippen LogP contribution in [-0.4, -0.2) is 20.9 Å². The number of aromatic nitrogens is 3. The van der Waals surface area contributed by atoms with Crippen molar-refractivity contribution in [1.29, 1.82) is 0 Å². The first-order valence-corrected chi connectivity index (χ1v) is 12.6. The standard InChI is InChI=1S/C27H21BrF3N3O2/c28-18-5-6-20-19(13-18)25(35)36-26(20)10-1-2-15(9-11-26)21-7-3-16(14-32-21)24-33-22-8-4-17(27(29,30)31)12-23(22)34-24/h3-8,12-15H,1-2,9-11H2,(H,33,34). The Morgan fingerprint density at radius 2 is 1.92 bits per heavy atom. The molecule has 36 heavy (non-hydrogen) atoms. The number of nitrogens with one attached hydrogen (secondary N) is 1. The minimum Gasteiger partial charge on any atom is -0.451 e. The van der Waals surface area contributed by atoms with Gasteiger partial charge in [-0.25, -0.2) is 9.78 Å². The molecule has 0 saturated heterocycles. The quantitative estimate of drug-likeness (QED) is 0.260. The van der Waals surface area contributed by atoms with Crippen LogP contribution in [0.1, 0.15) is 65.2 Å². The van der Waals surface area contributed by atoms with E-state index in [9.17, 15) is 18.0 Å². The molecule has 9 heteroatoms. The van der Waals surface area contributed by atoms with Crippen LogP contribution in [0.25, 0.3) is 22.4 Å². The normalized spacial score (nSPS) is 22.0. The fraction of sp³-hybridized carbons (Fsp3) is 0.296. The van der Waals surface area contributed by atoms with E-state index in [0.29, 0.717) is 28.0 Å². The number of nitrogens with zero attached hydrogens (tertiary/aromatic N) is 2. The summed E-state index contributed by atoms with van der Waals surface area (Å²) < 4.78 is 45.9. The van der Waals surface area contributed by atoms with Gasteiger partial charge in [0.15, 0.2) is 0 Å². The molecule has 1 fully saturated rings. The molecule has 0 radical (unpaired) electrons. The summed E-state index contributed by atoms with van der Waals surface area (Å²) in [6.45, 7) is 0. The lowest BCUT2D eigenvalue weighted by molar-refractivity contribution is -0.137. The molecule has 1 N–H and O–H groups in total. The molecule has 1 aliphatic heterocycles. The predicted octanol–water partition coefficient (Wildman–Crippen LogP) is 7.52. The Morgan fingerprint density at radius 1 is 1.06 bits per heavy atom. The van der Waals surface area contributed by atoms with Crippen LogP contribution in [0.3, 0.4) is 0 Å². The third kappa shape index (κ3) is 3.99. The van der Waals surface area contributed by atoms with Crippen molar-refractivity contribution in [2.24, 2.45) is 0 Å². The number of pyridine rings is 1.